The Morgan fingerprint density at radius 3 is 2.68 bits per heavy atom. The maximum atomic E-state index is 12.3. The third kappa shape index (κ3) is 6.45. The quantitative estimate of drug-likeness (QED) is 0.784. The highest BCUT2D eigenvalue weighted by atomic mass is 32.2. The minimum absolute atomic E-state index is 0.00595. The Bertz CT molecular complexity index is 735. The van der Waals surface area contributed by atoms with E-state index in [1.807, 2.05) is 0 Å². The van der Waals surface area contributed by atoms with E-state index in [2.05, 4.69) is 10.6 Å². The lowest BCUT2D eigenvalue weighted by Crippen LogP contribution is -2.39. The molecule has 0 radical (unpaired) electrons. The average molecular weight is 380 g/mol. The zero-order valence-corrected chi connectivity index (χ0v) is 14.3. The molecule has 1 saturated heterocycles. The normalized spacial score (nSPS) is 19.4. The molecule has 6 nitrogen and oxygen atoms in total. The molecule has 2 N–H and O–H groups in total. The predicted octanol–water partition coefficient (Wildman–Crippen LogP) is 1.65. The van der Waals surface area contributed by atoms with Gasteiger partial charge in [-0.1, -0.05) is 6.07 Å². The van der Waals surface area contributed by atoms with E-state index in [4.69, 9.17) is 4.74 Å². The zero-order valence-electron chi connectivity index (χ0n) is 13.5. The van der Waals surface area contributed by atoms with Crippen molar-refractivity contribution in [3.8, 4) is 5.75 Å². The molecule has 140 valence electrons. The summed E-state index contributed by atoms with van der Waals surface area (Å²) < 4.78 is 64.4. The summed E-state index contributed by atoms with van der Waals surface area (Å²) in [5.41, 5.74) is 0.965. The Labute approximate surface area is 143 Å². The number of hydrogen-bond acceptors (Lipinski definition) is 5. The second-order valence-corrected chi connectivity index (χ2v) is 8.15. The minimum atomic E-state index is -4.47. The van der Waals surface area contributed by atoms with Crippen LogP contribution in [0.3, 0.4) is 0 Å². The molecule has 1 amide bonds. The van der Waals surface area contributed by atoms with Crippen LogP contribution in [0.4, 0.5) is 18.9 Å². The summed E-state index contributed by atoms with van der Waals surface area (Å²) in [6.07, 6.45) is -4.11. The predicted molar refractivity (Wildman–Crippen MR) is 86.4 cm³/mol. The average Bonchev–Trinajstić information content (AvgIpc) is 2.82. The number of ether oxygens (including phenoxy) is 1. The molecule has 1 aromatic carbocycles. The van der Waals surface area contributed by atoms with Crippen molar-refractivity contribution in [3.05, 3.63) is 23.8 Å². The Kier molecular flexibility index (Phi) is 5.81. The van der Waals surface area contributed by atoms with Crippen LogP contribution in [0.2, 0.25) is 0 Å². The Hall–Kier alpha value is -1.97. The molecule has 1 aliphatic heterocycles. The number of anilines is 1. The van der Waals surface area contributed by atoms with Crippen molar-refractivity contribution < 1.29 is 31.1 Å². The molecule has 25 heavy (non-hydrogen) atoms. The zero-order chi connectivity index (χ0) is 18.7. The number of benzene rings is 1. The molecule has 0 unspecified atom stereocenters. The molecule has 2 rings (SSSR count). The van der Waals surface area contributed by atoms with Gasteiger partial charge in [-0.3, -0.25) is 4.79 Å². The van der Waals surface area contributed by atoms with Crippen molar-refractivity contribution in [1.82, 2.24) is 5.32 Å². The van der Waals surface area contributed by atoms with Crippen LogP contribution in [0.25, 0.3) is 0 Å². The van der Waals surface area contributed by atoms with Crippen LogP contribution in [0.15, 0.2) is 18.2 Å². The van der Waals surface area contributed by atoms with Crippen LogP contribution in [0, 0.1) is 6.92 Å². The lowest BCUT2D eigenvalue weighted by Gasteiger charge is -2.16. The van der Waals surface area contributed by atoms with Crippen LogP contribution >= 0.6 is 0 Å². The molecule has 1 heterocycles. The summed E-state index contributed by atoms with van der Waals surface area (Å²) in [5, 5.41) is 5.31. The van der Waals surface area contributed by atoms with Crippen LogP contribution in [0.5, 0.6) is 5.75 Å². The fourth-order valence-electron chi connectivity index (χ4n) is 2.42. The summed E-state index contributed by atoms with van der Waals surface area (Å²) in [5.74, 6) is -0.500. The van der Waals surface area contributed by atoms with Gasteiger partial charge in [0.2, 0.25) is 5.91 Å². The molecule has 1 atom stereocenters. The number of hydrogen-bond donors (Lipinski definition) is 2. The minimum Gasteiger partial charge on any atom is -0.482 e. The van der Waals surface area contributed by atoms with E-state index in [-0.39, 0.29) is 29.5 Å². The summed E-state index contributed by atoms with van der Waals surface area (Å²) >= 11 is 0. The maximum absolute atomic E-state index is 12.3. The lowest BCUT2D eigenvalue weighted by atomic mass is 10.2. The molecule has 0 bridgehead atoms. The van der Waals surface area contributed by atoms with Gasteiger partial charge in [-0.2, -0.15) is 13.2 Å². The third-order valence-corrected chi connectivity index (χ3v) is 5.33. The fourth-order valence-corrected chi connectivity index (χ4v) is 4.09. The second kappa shape index (κ2) is 7.51. The van der Waals surface area contributed by atoms with Crippen molar-refractivity contribution in [1.29, 1.82) is 0 Å². The molecular weight excluding hydrogens is 361 g/mol. The molecule has 0 spiro atoms. The first-order valence-electron chi connectivity index (χ1n) is 7.58. The molecular formula is C15H19F3N2O4S. The molecule has 0 aliphatic carbocycles. The molecule has 1 fully saturated rings. The Morgan fingerprint density at radius 2 is 2.08 bits per heavy atom. The van der Waals surface area contributed by atoms with E-state index >= 15 is 0 Å². The van der Waals surface area contributed by atoms with Crippen LogP contribution in [-0.2, 0) is 14.6 Å². The van der Waals surface area contributed by atoms with Gasteiger partial charge in [0.15, 0.2) is 16.4 Å². The van der Waals surface area contributed by atoms with Gasteiger partial charge in [0.1, 0.15) is 5.75 Å². The van der Waals surface area contributed by atoms with Gasteiger partial charge in [0.05, 0.1) is 23.7 Å². The van der Waals surface area contributed by atoms with E-state index in [1.54, 1.807) is 13.0 Å². The summed E-state index contributed by atoms with van der Waals surface area (Å²) in [6, 6.07) is 4.20. The Morgan fingerprint density at radius 1 is 1.36 bits per heavy atom. The monoisotopic (exact) mass is 380 g/mol. The van der Waals surface area contributed by atoms with Gasteiger partial charge >= 0.3 is 6.18 Å². The van der Waals surface area contributed by atoms with Crippen molar-refractivity contribution >= 4 is 21.4 Å². The number of aryl methyl sites for hydroxylation is 1. The molecule has 10 heteroatoms. The number of amides is 1. The maximum Gasteiger partial charge on any atom is 0.422 e. The number of halogens is 3. The number of sulfone groups is 1. The molecule has 1 aliphatic rings. The second-order valence-electron chi connectivity index (χ2n) is 5.92. The van der Waals surface area contributed by atoms with E-state index in [1.165, 1.54) is 12.1 Å². The summed E-state index contributed by atoms with van der Waals surface area (Å²) in [7, 11) is -3.10. The highest BCUT2D eigenvalue weighted by molar-refractivity contribution is 7.91. The lowest BCUT2D eigenvalue weighted by molar-refractivity contribution is -0.153. The van der Waals surface area contributed by atoms with Gasteiger partial charge < -0.3 is 15.4 Å². The largest absolute Gasteiger partial charge is 0.482 e. The van der Waals surface area contributed by atoms with Crippen LogP contribution in [-0.4, -0.2) is 51.2 Å². The number of rotatable bonds is 6. The molecule has 0 saturated carbocycles. The smallest absolute Gasteiger partial charge is 0.422 e. The first-order valence-corrected chi connectivity index (χ1v) is 9.40. The van der Waals surface area contributed by atoms with Gasteiger partial charge in [0, 0.05) is 6.04 Å². The number of carbonyl (C=O) groups excluding carboxylic acids is 1. The van der Waals surface area contributed by atoms with Crippen molar-refractivity contribution in [2.45, 2.75) is 25.6 Å². The highest BCUT2D eigenvalue weighted by Gasteiger charge is 2.30. The van der Waals surface area contributed by atoms with Gasteiger partial charge in [0.25, 0.3) is 0 Å². The van der Waals surface area contributed by atoms with E-state index in [9.17, 15) is 26.4 Å². The Balaban J connectivity index is 1.92. The topological polar surface area (TPSA) is 84.5 Å². The number of carbonyl (C=O) groups is 1. The van der Waals surface area contributed by atoms with Gasteiger partial charge in [-0.15, -0.1) is 0 Å². The standard InChI is InChI=1S/C15H19F3N2O4S/c1-10-2-3-12(13(6-10)24-9-15(16,17)18)19-7-14(21)20-11-4-5-25(22,23)8-11/h2-3,6,11,19H,4-5,7-9H2,1H3,(H,20,21)/t11-/m1/s1. The fraction of sp³-hybridized carbons (Fsp3) is 0.533. The SMILES string of the molecule is Cc1ccc(NCC(=O)N[C@@H]2CCS(=O)(=O)C2)c(OCC(F)(F)F)c1. The van der Waals surface area contributed by atoms with Gasteiger partial charge in [-0.25, -0.2) is 8.42 Å². The first kappa shape index (κ1) is 19.4. The summed E-state index contributed by atoms with van der Waals surface area (Å²) in [4.78, 5) is 11.9. The van der Waals surface area contributed by atoms with Crippen molar-refractivity contribution in [2.24, 2.45) is 0 Å². The van der Waals surface area contributed by atoms with E-state index < -0.39 is 34.6 Å². The molecule has 1 aromatic rings. The van der Waals surface area contributed by atoms with E-state index in [0.29, 0.717) is 12.0 Å². The van der Waals surface area contributed by atoms with E-state index in [0.717, 1.165) is 0 Å². The highest BCUT2D eigenvalue weighted by Crippen LogP contribution is 2.27. The third-order valence-electron chi connectivity index (χ3n) is 3.57. The first-order chi connectivity index (χ1) is 11.5. The van der Waals surface area contributed by atoms with Crippen molar-refractivity contribution in [3.63, 3.8) is 0 Å². The van der Waals surface area contributed by atoms with Gasteiger partial charge in [-0.05, 0) is 31.0 Å². The van der Waals surface area contributed by atoms with Crippen LogP contribution < -0.4 is 15.4 Å². The molecule has 0 aromatic heterocycles. The summed E-state index contributed by atoms with van der Waals surface area (Å²) in [6.45, 7) is 0.0662. The number of nitrogens with one attached hydrogen (secondary N) is 2. The van der Waals surface area contributed by atoms with Crippen LogP contribution in [0.1, 0.15) is 12.0 Å². The number of alkyl halides is 3. The van der Waals surface area contributed by atoms with Crippen molar-refractivity contribution in [2.75, 3.05) is 30.0 Å².